The molecule has 0 aromatic carbocycles. The molecule has 1 N–H and O–H groups in total. The van der Waals surface area contributed by atoms with Crippen LogP contribution in [0.1, 0.15) is 4.88 Å². The lowest BCUT2D eigenvalue weighted by atomic mass is 10.3. The maximum atomic E-state index is 3.86. The Kier molecular flexibility index (Phi) is 3.17. The van der Waals surface area contributed by atoms with Crippen molar-refractivity contribution in [2.75, 3.05) is 26.2 Å². The summed E-state index contributed by atoms with van der Waals surface area (Å²) in [6, 6.07) is 2.13. The predicted molar refractivity (Wildman–Crippen MR) is 67.4 cm³/mol. The van der Waals surface area contributed by atoms with Gasteiger partial charge in [-0.05, 0) is 11.4 Å². The van der Waals surface area contributed by atoms with Gasteiger partial charge in [-0.3, -0.25) is 9.47 Å². The Morgan fingerprint density at radius 2 is 2.00 bits per heavy atom. The first-order chi connectivity index (χ1) is 8.43. The molecule has 1 aliphatic rings. The van der Waals surface area contributed by atoms with E-state index in [1.54, 1.807) is 24.0 Å². The average Bonchev–Trinajstić information content (AvgIpc) is 3.00. The molecule has 0 aliphatic carbocycles. The van der Waals surface area contributed by atoms with Crippen molar-refractivity contribution in [1.29, 1.82) is 0 Å². The fourth-order valence-corrected chi connectivity index (χ4v) is 2.99. The van der Waals surface area contributed by atoms with E-state index in [4.69, 9.17) is 0 Å². The van der Waals surface area contributed by atoms with Crippen LogP contribution in [0, 0.1) is 0 Å². The van der Waals surface area contributed by atoms with Crippen LogP contribution in [0.2, 0.25) is 0 Å². The van der Waals surface area contributed by atoms with Crippen molar-refractivity contribution in [2.45, 2.75) is 6.54 Å². The molecule has 1 aliphatic heterocycles. The van der Waals surface area contributed by atoms with Crippen LogP contribution in [-0.2, 0) is 6.54 Å². The van der Waals surface area contributed by atoms with Crippen LogP contribution < -0.4 is 5.32 Å². The molecule has 0 atom stereocenters. The van der Waals surface area contributed by atoms with Crippen molar-refractivity contribution in [2.24, 2.45) is 0 Å². The lowest BCUT2D eigenvalue weighted by Crippen LogP contribution is -2.42. The number of hydrogen-bond donors (Lipinski definition) is 1. The van der Waals surface area contributed by atoms with Gasteiger partial charge in [0.2, 0.25) is 0 Å². The highest BCUT2D eigenvalue weighted by Gasteiger charge is 2.13. The van der Waals surface area contributed by atoms with Crippen LogP contribution in [-0.4, -0.2) is 45.8 Å². The molecule has 1 saturated heterocycles. The highest BCUT2D eigenvalue weighted by atomic mass is 32.1. The number of piperazine rings is 1. The maximum absolute atomic E-state index is 3.86. The monoisotopic (exact) mass is 249 g/mol. The number of aromatic nitrogens is 3. The summed E-state index contributed by atoms with van der Waals surface area (Å²) in [5.41, 5.74) is 1.21. The second-order valence-electron chi connectivity index (χ2n) is 4.12. The van der Waals surface area contributed by atoms with E-state index >= 15 is 0 Å². The zero-order valence-electron chi connectivity index (χ0n) is 9.54. The van der Waals surface area contributed by atoms with Crippen molar-refractivity contribution < 1.29 is 0 Å². The predicted octanol–water partition coefficient (Wildman–Crippen LogP) is 0.734. The molecular formula is C11H15N5S. The lowest BCUT2D eigenvalue weighted by Gasteiger charge is -2.27. The summed E-state index contributed by atoms with van der Waals surface area (Å²) in [6.07, 6.45) is 3.51. The van der Waals surface area contributed by atoms with Gasteiger partial charge >= 0.3 is 0 Å². The number of thiophene rings is 1. The molecule has 0 saturated carbocycles. The summed E-state index contributed by atoms with van der Waals surface area (Å²) < 4.78 is 1.98. The second kappa shape index (κ2) is 4.95. The third-order valence-electron chi connectivity index (χ3n) is 3.00. The smallest absolute Gasteiger partial charge is 0.123 e. The zero-order valence-corrected chi connectivity index (χ0v) is 10.4. The molecular weight excluding hydrogens is 234 g/mol. The van der Waals surface area contributed by atoms with Crippen LogP contribution in [0.5, 0.6) is 0 Å². The van der Waals surface area contributed by atoms with Gasteiger partial charge in [0.25, 0.3) is 0 Å². The Morgan fingerprint density at radius 1 is 1.24 bits per heavy atom. The molecule has 90 valence electrons. The number of rotatable bonds is 3. The summed E-state index contributed by atoms with van der Waals surface area (Å²) >= 11 is 1.80. The van der Waals surface area contributed by atoms with E-state index in [2.05, 4.69) is 31.9 Å². The summed E-state index contributed by atoms with van der Waals surface area (Å²) in [5.74, 6) is 0. The summed E-state index contributed by atoms with van der Waals surface area (Å²) in [6.45, 7) is 5.45. The van der Waals surface area contributed by atoms with E-state index in [0.29, 0.717) is 0 Å². The van der Waals surface area contributed by atoms with E-state index in [0.717, 1.165) is 32.7 Å². The van der Waals surface area contributed by atoms with Crippen molar-refractivity contribution in [1.82, 2.24) is 25.0 Å². The fourth-order valence-electron chi connectivity index (χ4n) is 2.08. The van der Waals surface area contributed by atoms with Crippen molar-refractivity contribution in [3.8, 4) is 5.69 Å². The average molecular weight is 249 g/mol. The standard InChI is InChI=1S/C11H15N5S/c1-6-17-11(7-15-4-2-12-3-5-15)10(1)16-8-13-14-9-16/h1,6,8-9,12H,2-5,7H2. The molecule has 0 radical (unpaired) electrons. The Hall–Kier alpha value is -1.24. The lowest BCUT2D eigenvalue weighted by molar-refractivity contribution is 0.235. The summed E-state index contributed by atoms with van der Waals surface area (Å²) in [4.78, 5) is 3.86. The van der Waals surface area contributed by atoms with E-state index in [-0.39, 0.29) is 0 Å². The Balaban J connectivity index is 1.77. The molecule has 3 rings (SSSR count). The van der Waals surface area contributed by atoms with Gasteiger partial charge < -0.3 is 5.32 Å². The Bertz CT molecular complexity index is 458. The van der Waals surface area contributed by atoms with Crippen LogP contribution >= 0.6 is 11.3 Å². The van der Waals surface area contributed by atoms with Crippen molar-refractivity contribution in [3.63, 3.8) is 0 Å². The van der Waals surface area contributed by atoms with Gasteiger partial charge in [-0.15, -0.1) is 21.5 Å². The largest absolute Gasteiger partial charge is 0.314 e. The van der Waals surface area contributed by atoms with Gasteiger partial charge in [-0.2, -0.15) is 0 Å². The molecule has 17 heavy (non-hydrogen) atoms. The van der Waals surface area contributed by atoms with Crippen LogP contribution in [0.25, 0.3) is 5.69 Å². The number of nitrogens with one attached hydrogen (secondary N) is 1. The summed E-state index contributed by atoms with van der Waals surface area (Å²) in [7, 11) is 0. The van der Waals surface area contributed by atoms with Crippen LogP contribution in [0.15, 0.2) is 24.1 Å². The SMILES string of the molecule is c1cc(-n2cnnc2)c(CN2CCNCC2)s1. The molecule has 3 heterocycles. The molecule has 2 aromatic rings. The van der Waals surface area contributed by atoms with Gasteiger partial charge in [0.1, 0.15) is 12.7 Å². The van der Waals surface area contributed by atoms with Gasteiger partial charge in [0, 0.05) is 37.6 Å². The minimum atomic E-state index is 1.02. The number of hydrogen-bond acceptors (Lipinski definition) is 5. The Labute approximate surface area is 104 Å². The molecule has 5 nitrogen and oxygen atoms in total. The number of nitrogens with zero attached hydrogens (tertiary/aromatic N) is 4. The van der Waals surface area contributed by atoms with Crippen molar-refractivity contribution in [3.05, 3.63) is 29.0 Å². The third-order valence-corrected chi connectivity index (χ3v) is 3.89. The highest BCUT2D eigenvalue weighted by Crippen LogP contribution is 2.22. The van der Waals surface area contributed by atoms with Gasteiger partial charge in [0.15, 0.2) is 0 Å². The topological polar surface area (TPSA) is 46.0 Å². The Morgan fingerprint density at radius 3 is 2.76 bits per heavy atom. The van der Waals surface area contributed by atoms with E-state index < -0.39 is 0 Å². The first kappa shape index (κ1) is 10.9. The normalized spacial score (nSPS) is 17.4. The molecule has 6 heteroatoms. The van der Waals surface area contributed by atoms with Gasteiger partial charge in [-0.25, -0.2) is 0 Å². The van der Waals surface area contributed by atoms with E-state index in [1.807, 2.05) is 4.57 Å². The van der Waals surface area contributed by atoms with Crippen LogP contribution in [0.4, 0.5) is 0 Å². The fraction of sp³-hybridized carbons (Fsp3) is 0.455. The van der Waals surface area contributed by atoms with E-state index in [1.165, 1.54) is 10.6 Å². The highest BCUT2D eigenvalue weighted by molar-refractivity contribution is 7.10. The second-order valence-corrected chi connectivity index (χ2v) is 5.12. The first-order valence-electron chi connectivity index (χ1n) is 5.78. The van der Waals surface area contributed by atoms with Gasteiger partial charge in [0.05, 0.1) is 5.69 Å². The third kappa shape index (κ3) is 2.38. The zero-order chi connectivity index (χ0) is 11.5. The molecule has 0 bridgehead atoms. The minimum absolute atomic E-state index is 1.02. The quantitative estimate of drug-likeness (QED) is 0.871. The molecule has 0 unspecified atom stereocenters. The van der Waals surface area contributed by atoms with E-state index in [9.17, 15) is 0 Å². The van der Waals surface area contributed by atoms with Crippen molar-refractivity contribution >= 4 is 11.3 Å². The minimum Gasteiger partial charge on any atom is -0.314 e. The molecule has 0 amide bonds. The molecule has 1 fully saturated rings. The van der Waals surface area contributed by atoms with Crippen LogP contribution in [0.3, 0.4) is 0 Å². The molecule has 0 spiro atoms. The first-order valence-corrected chi connectivity index (χ1v) is 6.66. The maximum Gasteiger partial charge on any atom is 0.123 e. The van der Waals surface area contributed by atoms with Gasteiger partial charge in [-0.1, -0.05) is 0 Å². The molecule has 2 aromatic heterocycles. The summed E-state index contributed by atoms with van der Waals surface area (Å²) in [5, 5.41) is 13.2.